The fourth-order valence-electron chi connectivity index (χ4n) is 3.60. The van der Waals surface area contributed by atoms with Crippen molar-refractivity contribution in [2.24, 2.45) is 5.92 Å². The zero-order valence-electron chi connectivity index (χ0n) is 14.1. The van der Waals surface area contributed by atoms with E-state index in [1.54, 1.807) is 0 Å². The summed E-state index contributed by atoms with van der Waals surface area (Å²) in [5, 5.41) is 3.84. The van der Waals surface area contributed by atoms with Gasteiger partial charge in [0.1, 0.15) is 0 Å². The Labute approximate surface area is 130 Å². The summed E-state index contributed by atoms with van der Waals surface area (Å²) in [6.07, 6.45) is 6.07. The average Bonchev–Trinajstić information content (AvgIpc) is 2.49. The van der Waals surface area contributed by atoms with Crippen LogP contribution in [0.25, 0.3) is 0 Å². The van der Waals surface area contributed by atoms with Crippen molar-refractivity contribution >= 4 is 5.91 Å². The summed E-state index contributed by atoms with van der Waals surface area (Å²) in [6.45, 7) is 11.9. The monoisotopic (exact) mass is 295 g/mol. The van der Waals surface area contributed by atoms with Crippen LogP contribution in [0.1, 0.15) is 52.9 Å². The van der Waals surface area contributed by atoms with Crippen molar-refractivity contribution in [2.75, 3.05) is 32.7 Å². The van der Waals surface area contributed by atoms with Crippen LogP contribution in [0.4, 0.5) is 0 Å². The van der Waals surface area contributed by atoms with E-state index < -0.39 is 0 Å². The van der Waals surface area contributed by atoms with Crippen molar-refractivity contribution in [1.82, 2.24) is 15.1 Å². The van der Waals surface area contributed by atoms with Gasteiger partial charge in [-0.15, -0.1) is 0 Å². The average molecular weight is 295 g/mol. The van der Waals surface area contributed by atoms with Gasteiger partial charge in [-0.2, -0.15) is 0 Å². The molecule has 2 aliphatic rings. The van der Waals surface area contributed by atoms with Crippen LogP contribution in [-0.2, 0) is 4.79 Å². The molecule has 0 radical (unpaired) electrons. The van der Waals surface area contributed by atoms with E-state index in [2.05, 4.69) is 17.1 Å². The third kappa shape index (κ3) is 4.96. The van der Waals surface area contributed by atoms with Crippen molar-refractivity contribution in [3.05, 3.63) is 0 Å². The van der Waals surface area contributed by atoms with E-state index in [1.807, 2.05) is 18.7 Å². The number of carbonyl (C=O) groups is 1. The number of hydrogen-bond acceptors (Lipinski definition) is 3. The molecule has 0 aliphatic carbocycles. The molecule has 2 heterocycles. The minimum absolute atomic E-state index is 0.136. The van der Waals surface area contributed by atoms with Crippen LogP contribution in [0.3, 0.4) is 0 Å². The molecule has 2 saturated heterocycles. The molecule has 122 valence electrons. The predicted octanol–water partition coefficient (Wildman–Crippen LogP) is 2.10. The van der Waals surface area contributed by atoms with Gasteiger partial charge in [-0.05, 0) is 51.7 Å². The van der Waals surface area contributed by atoms with E-state index >= 15 is 0 Å². The number of likely N-dealkylation sites (tertiary alicyclic amines) is 2. The Bertz CT molecular complexity index is 316. The zero-order chi connectivity index (χ0) is 15.2. The molecule has 1 amide bonds. The molecule has 0 saturated carbocycles. The molecule has 0 aromatic rings. The Morgan fingerprint density at radius 3 is 2.05 bits per heavy atom. The van der Waals surface area contributed by atoms with Crippen LogP contribution < -0.4 is 5.32 Å². The van der Waals surface area contributed by atoms with Gasteiger partial charge in [0.05, 0.1) is 0 Å². The number of amides is 1. The number of rotatable bonds is 5. The highest BCUT2D eigenvalue weighted by Gasteiger charge is 2.26. The highest BCUT2D eigenvalue weighted by Crippen LogP contribution is 2.17. The second kappa shape index (κ2) is 8.14. The van der Waals surface area contributed by atoms with Gasteiger partial charge in [0.2, 0.25) is 5.91 Å². The van der Waals surface area contributed by atoms with Crippen molar-refractivity contribution in [3.63, 3.8) is 0 Å². The van der Waals surface area contributed by atoms with Crippen molar-refractivity contribution in [2.45, 2.75) is 65.0 Å². The fraction of sp³-hybridized carbons (Fsp3) is 0.941. The third-order valence-electron chi connectivity index (χ3n) is 4.90. The summed E-state index contributed by atoms with van der Waals surface area (Å²) in [7, 11) is 0. The lowest BCUT2D eigenvalue weighted by Crippen LogP contribution is -2.51. The Balaban J connectivity index is 1.66. The molecule has 21 heavy (non-hydrogen) atoms. The zero-order valence-corrected chi connectivity index (χ0v) is 14.1. The summed E-state index contributed by atoms with van der Waals surface area (Å²) in [5.74, 6) is 0.457. The molecule has 0 aromatic heterocycles. The van der Waals surface area contributed by atoms with Crippen molar-refractivity contribution < 1.29 is 4.79 Å². The maximum atomic E-state index is 12.0. The normalized spacial score (nSPS) is 23.0. The molecule has 1 N–H and O–H groups in total. The van der Waals surface area contributed by atoms with Crippen LogP contribution in [0.2, 0.25) is 0 Å². The lowest BCUT2D eigenvalue weighted by atomic mass is 9.99. The first-order valence-electron chi connectivity index (χ1n) is 8.87. The van der Waals surface area contributed by atoms with Gasteiger partial charge >= 0.3 is 0 Å². The van der Waals surface area contributed by atoms with Gasteiger partial charge in [-0.3, -0.25) is 4.79 Å². The maximum Gasteiger partial charge on any atom is 0.225 e. The molecule has 4 nitrogen and oxygen atoms in total. The number of piperidine rings is 2. The summed E-state index contributed by atoms with van der Waals surface area (Å²) < 4.78 is 0. The first kappa shape index (κ1) is 16.8. The molecule has 0 unspecified atom stereocenters. The summed E-state index contributed by atoms with van der Waals surface area (Å²) in [6, 6.07) is 1.30. The quantitative estimate of drug-likeness (QED) is 0.844. The predicted molar refractivity (Wildman–Crippen MR) is 87.3 cm³/mol. The SMILES string of the molecule is CCCN1CCC(NC2CCN(C(=O)C(C)C)CC2)CC1. The Hall–Kier alpha value is -0.610. The Morgan fingerprint density at radius 2 is 1.57 bits per heavy atom. The molecular weight excluding hydrogens is 262 g/mol. The van der Waals surface area contributed by atoms with Gasteiger partial charge in [0.15, 0.2) is 0 Å². The second-order valence-corrected chi connectivity index (χ2v) is 7.04. The Morgan fingerprint density at radius 1 is 1.05 bits per heavy atom. The largest absolute Gasteiger partial charge is 0.342 e. The van der Waals surface area contributed by atoms with Gasteiger partial charge < -0.3 is 15.1 Å². The molecule has 2 aliphatic heterocycles. The standard InChI is InChI=1S/C17H33N3O/c1-4-9-19-10-5-15(6-11-19)18-16-7-12-20(13-8-16)17(21)14(2)3/h14-16,18H,4-13H2,1-3H3. The van der Waals surface area contributed by atoms with Crippen LogP contribution in [0.5, 0.6) is 0 Å². The second-order valence-electron chi connectivity index (χ2n) is 7.04. The molecule has 2 fully saturated rings. The fourth-order valence-corrected chi connectivity index (χ4v) is 3.60. The number of nitrogens with zero attached hydrogens (tertiary/aromatic N) is 2. The Kier molecular flexibility index (Phi) is 6.49. The lowest BCUT2D eigenvalue weighted by Gasteiger charge is -2.38. The van der Waals surface area contributed by atoms with Crippen LogP contribution >= 0.6 is 0 Å². The maximum absolute atomic E-state index is 12.0. The molecular formula is C17H33N3O. The summed E-state index contributed by atoms with van der Waals surface area (Å²) >= 11 is 0. The van der Waals surface area contributed by atoms with Crippen LogP contribution in [0, 0.1) is 5.92 Å². The first-order chi connectivity index (χ1) is 10.1. The first-order valence-corrected chi connectivity index (χ1v) is 8.87. The number of carbonyl (C=O) groups excluding carboxylic acids is 1. The molecule has 0 aromatic carbocycles. The summed E-state index contributed by atoms with van der Waals surface area (Å²) in [5.41, 5.74) is 0. The summed E-state index contributed by atoms with van der Waals surface area (Å²) in [4.78, 5) is 16.6. The van der Waals surface area contributed by atoms with E-state index in [0.29, 0.717) is 18.0 Å². The van der Waals surface area contributed by atoms with Crippen LogP contribution in [-0.4, -0.2) is 60.5 Å². The molecule has 0 spiro atoms. The smallest absolute Gasteiger partial charge is 0.225 e. The van der Waals surface area contributed by atoms with E-state index in [-0.39, 0.29) is 5.92 Å². The topological polar surface area (TPSA) is 35.6 Å². The molecule has 4 heteroatoms. The number of nitrogens with one attached hydrogen (secondary N) is 1. The van der Waals surface area contributed by atoms with Crippen molar-refractivity contribution in [1.29, 1.82) is 0 Å². The number of hydrogen-bond donors (Lipinski definition) is 1. The molecule has 0 bridgehead atoms. The minimum Gasteiger partial charge on any atom is -0.342 e. The highest BCUT2D eigenvalue weighted by molar-refractivity contribution is 5.78. The van der Waals surface area contributed by atoms with Gasteiger partial charge in [0.25, 0.3) is 0 Å². The van der Waals surface area contributed by atoms with E-state index in [4.69, 9.17) is 0 Å². The van der Waals surface area contributed by atoms with E-state index in [1.165, 1.54) is 38.9 Å². The van der Waals surface area contributed by atoms with Gasteiger partial charge in [0, 0.05) is 31.1 Å². The van der Waals surface area contributed by atoms with Gasteiger partial charge in [-0.25, -0.2) is 0 Å². The molecule has 0 atom stereocenters. The lowest BCUT2D eigenvalue weighted by molar-refractivity contribution is -0.135. The van der Waals surface area contributed by atoms with Crippen molar-refractivity contribution in [3.8, 4) is 0 Å². The highest BCUT2D eigenvalue weighted by atomic mass is 16.2. The van der Waals surface area contributed by atoms with E-state index in [9.17, 15) is 4.79 Å². The van der Waals surface area contributed by atoms with Gasteiger partial charge in [-0.1, -0.05) is 20.8 Å². The molecule has 2 rings (SSSR count). The minimum atomic E-state index is 0.136. The van der Waals surface area contributed by atoms with E-state index in [0.717, 1.165) is 25.9 Å². The third-order valence-corrected chi connectivity index (χ3v) is 4.90. The van der Waals surface area contributed by atoms with Crippen LogP contribution in [0.15, 0.2) is 0 Å².